The Hall–Kier alpha value is -2.57. The molecular formula is C34H43IN4O5. The van der Waals surface area contributed by atoms with Gasteiger partial charge >= 0.3 is 0 Å². The lowest BCUT2D eigenvalue weighted by Crippen LogP contribution is -2.53. The molecule has 9 nitrogen and oxygen atoms in total. The molecule has 2 atom stereocenters. The van der Waals surface area contributed by atoms with Crippen LogP contribution in [-0.4, -0.2) is 65.4 Å². The summed E-state index contributed by atoms with van der Waals surface area (Å²) in [6.45, 7) is 1.80. The smallest absolute Gasteiger partial charge is 0.269 e. The molecule has 4 saturated carbocycles. The van der Waals surface area contributed by atoms with Gasteiger partial charge in [-0.3, -0.25) is 19.7 Å². The average molecular weight is 715 g/mol. The van der Waals surface area contributed by atoms with Gasteiger partial charge in [-0.15, -0.1) is 0 Å². The van der Waals surface area contributed by atoms with E-state index >= 15 is 0 Å². The molecule has 2 amide bonds. The Labute approximate surface area is 273 Å². The zero-order valence-electron chi connectivity index (χ0n) is 25.6. The normalized spacial score (nSPS) is 30.8. The lowest BCUT2D eigenvalue weighted by molar-refractivity contribution is -0.384. The number of nitrogens with one attached hydrogen (secondary N) is 1. The van der Waals surface area contributed by atoms with Crippen molar-refractivity contribution in [3.63, 3.8) is 0 Å². The second kappa shape index (κ2) is 12.3. The largest absolute Gasteiger partial charge is 0.392 e. The van der Waals surface area contributed by atoms with Crippen LogP contribution in [0.5, 0.6) is 0 Å². The van der Waals surface area contributed by atoms with E-state index in [4.69, 9.17) is 0 Å². The van der Waals surface area contributed by atoms with E-state index in [9.17, 15) is 24.8 Å². The van der Waals surface area contributed by atoms with Crippen molar-refractivity contribution in [1.82, 2.24) is 15.1 Å². The number of nitro benzene ring substituents is 1. The lowest BCUT2D eigenvalue weighted by atomic mass is 9.49. The standard InChI is InChI=1S/C34H43IN4O5/c1-37(2)11-3-10-36-32(42)34(26-5-7-27(8-6-26)39(43)44)19-30(41)38(31(34)28-9-4-22(20-40)15-29(28)35)21-33-16-23-12-24(17-33)14-25(13-23)18-33/h4-9,15,23-25,31,40H,3,10-14,16-21H2,1-2H3,(H,36,42)/t23?,24?,25?,31-,33?,34-/m1/s1. The number of benzene rings is 2. The molecule has 1 saturated heterocycles. The molecule has 4 bridgehead atoms. The average Bonchev–Trinajstić information content (AvgIpc) is 3.26. The predicted octanol–water partition coefficient (Wildman–Crippen LogP) is 5.19. The number of hydrogen-bond acceptors (Lipinski definition) is 6. The number of amides is 2. The Morgan fingerprint density at radius 2 is 1.73 bits per heavy atom. The summed E-state index contributed by atoms with van der Waals surface area (Å²) < 4.78 is 0.885. The topological polar surface area (TPSA) is 116 Å². The highest BCUT2D eigenvalue weighted by Gasteiger charge is 2.61. The molecule has 0 radical (unpaired) electrons. The number of carbonyl (C=O) groups is 2. The molecule has 5 aliphatic rings. The number of aliphatic hydroxyl groups excluding tert-OH is 1. The van der Waals surface area contributed by atoms with Gasteiger partial charge in [0.1, 0.15) is 5.41 Å². The summed E-state index contributed by atoms with van der Waals surface area (Å²) in [6.07, 6.45) is 8.08. The van der Waals surface area contributed by atoms with E-state index in [1.807, 2.05) is 37.2 Å². The fourth-order valence-electron chi connectivity index (χ4n) is 9.43. The van der Waals surface area contributed by atoms with Gasteiger partial charge in [-0.05, 0) is 134 Å². The number of hydrogen-bond donors (Lipinski definition) is 2. The van der Waals surface area contributed by atoms with Crippen LogP contribution in [0.3, 0.4) is 0 Å². The number of nitro groups is 1. The summed E-state index contributed by atoms with van der Waals surface area (Å²) in [5, 5.41) is 24.6. The highest BCUT2D eigenvalue weighted by molar-refractivity contribution is 14.1. The molecule has 236 valence electrons. The molecule has 10 heteroatoms. The molecule has 0 aromatic heterocycles. The van der Waals surface area contributed by atoms with Crippen LogP contribution in [0.1, 0.15) is 74.1 Å². The first kappa shape index (κ1) is 31.4. The molecule has 1 heterocycles. The van der Waals surface area contributed by atoms with E-state index < -0.39 is 16.4 Å². The molecule has 7 rings (SSSR count). The first-order chi connectivity index (χ1) is 21.0. The van der Waals surface area contributed by atoms with Crippen molar-refractivity contribution in [3.8, 4) is 0 Å². The molecule has 1 aliphatic heterocycles. The van der Waals surface area contributed by atoms with Crippen molar-refractivity contribution < 1.29 is 19.6 Å². The highest BCUT2D eigenvalue weighted by atomic mass is 127. The minimum atomic E-state index is -1.27. The maximum atomic E-state index is 14.6. The Morgan fingerprint density at radius 1 is 1.09 bits per heavy atom. The fraction of sp³-hybridized carbons (Fsp3) is 0.588. The Balaban J connectivity index is 1.46. The van der Waals surface area contributed by atoms with E-state index in [0.717, 1.165) is 64.7 Å². The molecule has 44 heavy (non-hydrogen) atoms. The number of carbonyl (C=O) groups excluding carboxylic acids is 2. The van der Waals surface area contributed by atoms with Gasteiger partial charge in [-0.2, -0.15) is 0 Å². The Bertz CT molecular complexity index is 1390. The van der Waals surface area contributed by atoms with Gasteiger partial charge in [0.15, 0.2) is 0 Å². The van der Waals surface area contributed by atoms with Crippen LogP contribution in [0.15, 0.2) is 42.5 Å². The molecule has 0 spiro atoms. The van der Waals surface area contributed by atoms with Crippen molar-refractivity contribution >= 4 is 40.1 Å². The second-order valence-corrected chi connectivity index (χ2v) is 15.4. The monoisotopic (exact) mass is 714 g/mol. The van der Waals surface area contributed by atoms with Gasteiger partial charge in [0, 0.05) is 35.2 Å². The molecule has 0 unspecified atom stereocenters. The van der Waals surface area contributed by atoms with Crippen LogP contribution >= 0.6 is 22.6 Å². The zero-order valence-corrected chi connectivity index (χ0v) is 27.8. The third-order valence-electron chi connectivity index (χ3n) is 10.8. The molecule has 5 fully saturated rings. The summed E-state index contributed by atoms with van der Waals surface area (Å²) in [4.78, 5) is 44.2. The molecule has 2 aromatic rings. The van der Waals surface area contributed by atoms with E-state index in [2.05, 4.69) is 32.8 Å². The molecular weight excluding hydrogens is 671 g/mol. The maximum absolute atomic E-state index is 14.6. The summed E-state index contributed by atoms with van der Waals surface area (Å²) in [6, 6.07) is 11.4. The minimum absolute atomic E-state index is 0.000805. The van der Waals surface area contributed by atoms with Crippen molar-refractivity contribution in [2.24, 2.45) is 23.2 Å². The number of nitrogens with zero attached hydrogens (tertiary/aromatic N) is 3. The van der Waals surface area contributed by atoms with E-state index in [1.165, 1.54) is 31.4 Å². The zero-order chi connectivity index (χ0) is 31.2. The van der Waals surface area contributed by atoms with Crippen LogP contribution < -0.4 is 5.32 Å². The quantitative estimate of drug-likeness (QED) is 0.143. The van der Waals surface area contributed by atoms with E-state index in [-0.39, 0.29) is 35.9 Å². The minimum Gasteiger partial charge on any atom is -0.392 e. The van der Waals surface area contributed by atoms with E-state index in [0.29, 0.717) is 18.7 Å². The Morgan fingerprint density at radius 3 is 2.27 bits per heavy atom. The van der Waals surface area contributed by atoms with Crippen LogP contribution in [0, 0.1) is 36.9 Å². The Kier molecular flexibility index (Phi) is 8.80. The third-order valence-corrected chi connectivity index (χ3v) is 11.7. The molecule has 2 N–H and O–H groups in total. The number of non-ortho nitro benzene ring substituents is 1. The lowest BCUT2D eigenvalue weighted by Gasteiger charge is -2.58. The van der Waals surface area contributed by atoms with Gasteiger partial charge in [-0.25, -0.2) is 0 Å². The summed E-state index contributed by atoms with van der Waals surface area (Å²) in [7, 11) is 3.98. The summed E-state index contributed by atoms with van der Waals surface area (Å²) in [5.74, 6) is 1.90. The van der Waals surface area contributed by atoms with Crippen LogP contribution in [0.4, 0.5) is 5.69 Å². The fourth-order valence-corrected chi connectivity index (χ4v) is 10.3. The number of rotatable bonds is 11. The van der Waals surface area contributed by atoms with Crippen molar-refractivity contribution in [2.45, 2.75) is 69.4 Å². The van der Waals surface area contributed by atoms with E-state index in [1.54, 1.807) is 12.1 Å². The van der Waals surface area contributed by atoms with Crippen molar-refractivity contribution in [1.29, 1.82) is 0 Å². The van der Waals surface area contributed by atoms with Gasteiger partial charge in [0.25, 0.3) is 5.69 Å². The summed E-state index contributed by atoms with van der Waals surface area (Å²) >= 11 is 2.26. The number of halogens is 1. The van der Waals surface area contributed by atoms with Gasteiger partial charge < -0.3 is 20.2 Å². The molecule has 2 aromatic carbocycles. The van der Waals surface area contributed by atoms with Gasteiger partial charge in [0.05, 0.1) is 17.6 Å². The van der Waals surface area contributed by atoms with Crippen molar-refractivity contribution in [3.05, 3.63) is 72.8 Å². The SMILES string of the molecule is CN(C)CCCNC(=O)[C@@]1(c2ccc([N+](=O)[O-])cc2)CC(=O)N(CC23CC4CC(CC(C4)C2)C3)[C@@H]1c1ccc(CO)cc1I. The number of likely N-dealkylation sites (tertiary alicyclic amines) is 1. The van der Waals surface area contributed by atoms with Crippen LogP contribution in [0.25, 0.3) is 0 Å². The van der Waals surface area contributed by atoms with Crippen molar-refractivity contribution in [2.75, 3.05) is 33.7 Å². The maximum Gasteiger partial charge on any atom is 0.269 e. The summed E-state index contributed by atoms with van der Waals surface area (Å²) in [5.41, 5.74) is 0.995. The van der Waals surface area contributed by atoms with Crippen LogP contribution in [-0.2, 0) is 21.6 Å². The second-order valence-electron chi connectivity index (χ2n) is 14.2. The molecule has 4 aliphatic carbocycles. The first-order valence-corrected chi connectivity index (χ1v) is 17.0. The third kappa shape index (κ3) is 5.77. The van der Waals surface area contributed by atoms with Gasteiger partial charge in [-0.1, -0.05) is 24.3 Å². The predicted molar refractivity (Wildman–Crippen MR) is 176 cm³/mol. The number of aliphatic hydroxyl groups is 1. The van der Waals surface area contributed by atoms with Crippen LogP contribution in [0.2, 0.25) is 0 Å². The highest BCUT2D eigenvalue weighted by Crippen LogP contribution is 2.62. The van der Waals surface area contributed by atoms with Gasteiger partial charge in [0.2, 0.25) is 11.8 Å². The first-order valence-electron chi connectivity index (χ1n) is 15.9.